The summed E-state index contributed by atoms with van der Waals surface area (Å²) in [4.78, 5) is 6.89. The summed E-state index contributed by atoms with van der Waals surface area (Å²) in [6, 6.07) is 5.69. The molecule has 1 aliphatic heterocycles. The van der Waals surface area contributed by atoms with Crippen LogP contribution in [0.15, 0.2) is 29.5 Å². The molecule has 30 heavy (non-hydrogen) atoms. The van der Waals surface area contributed by atoms with Gasteiger partial charge in [-0.3, -0.25) is 4.99 Å². The third kappa shape index (κ3) is 7.25. The van der Waals surface area contributed by atoms with Crippen molar-refractivity contribution in [3.63, 3.8) is 0 Å². The molecule has 0 bridgehead atoms. The number of ether oxygens (including phenoxy) is 1. The molecule has 7 nitrogen and oxygen atoms in total. The molecule has 166 valence electrons. The molecule has 1 saturated heterocycles. The van der Waals surface area contributed by atoms with E-state index in [4.69, 9.17) is 32.9 Å². The van der Waals surface area contributed by atoms with Crippen molar-refractivity contribution in [2.45, 2.75) is 45.4 Å². The van der Waals surface area contributed by atoms with Crippen LogP contribution in [-0.4, -0.2) is 58.5 Å². The van der Waals surface area contributed by atoms with Crippen LogP contribution in [0.1, 0.15) is 31.2 Å². The minimum atomic E-state index is 0. The Hall–Kier alpha value is -1.10. The predicted molar refractivity (Wildman–Crippen MR) is 132 cm³/mol. The SMILES string of the molecule is CCc1nncn1CCNC(=NCC1CCCO1)N(C)Cc1ccc(Cl)c(Cl)c1.I. The van der Waals surface area contributed by atoms with E-state index in [1.54, 1.807) is 6.33 Å². The maximum atomic E-state index is 6.17. The molecule has 1 atom stereocenters. The molecule has 0 amide bonds. The molecule has 3 rings (SSSR count). The van der Waals surface area contributed by atoms with Crippen LogP contribution in [0.25, 0.3) is 0 Å². The summed E-state index contributed by atoms with van der Waals surface area (Å²) < 4.78 is 7.78. The van der Waals surface area contributed by atoms with Gasteiger partial charge >= 0.3 is 0 Å². The first kappa shape index (κ1) is 25.2. The lowest BCUT2D eigenvalue weighted by molar-refractivity contribution is 0.117. The van der Waals surface area contributed by atoms with Gasteiger partial charge in [-0.2, -0.15) is 0 Å². The summed E-state index contributed by atoms with van der Waals surface area (Å²) in [5.74, 6) is 1.81. The summed E-state index contributed by atoms with van der Waals surface area (Å²) in [6.07, 6.45) is 5.00. The summed E-state index contributed by atoms with van der Waals surface area (Å²) in [6.45, 7) is 5.72. The topological polar surface area (TPSA) is 67.6 Å². The average molecular weight is 567 g/mol. The molecular weight excluding hydrogens is 538 g/mol. The van der Waals surface area contributed by atoms with E-state index in [1.165, 1.54) is 0 Å². The minimum absolute atomic E-state index is 0. The van der Waals surface area contributed by atoms with Crippen LogP contribution in [-0.2, 0) is 24.2 Å². The van der Waals surface area contributed by atoms with E-state index in [0.29, 0.717) is 23.1 Å². The largest absolute Gasteiger partial charge is 0.376 e. The van der Waals surface area contributed by atoms with E-state index in [1.807, 2.05) is 25.2 Å². The van der Waals surface area contributed by atoms with Gasteiger partial charge in [0.25, 0.3) is 0 Å². The molecule has 0 saturated carbocycles. The van der Waals surface area contributed by atoms with Gasteiger partial charge in [0, 0.05) is 39.7 Å². The summed E-state index contributed by atoms with van der Waals surface area (Å²) in [5, 5.41) is 12.7. The molecule has 2 aromatic rings. The molecule has 2 heterocycles. The lowest BCUT2D eigenvalue weighted by Crippen LogP contribution is -2.40. The number of aromatic nitrogens is 3. The first-order valence-corrected chi connectivity index (χ1v) is 10.7. The number of aliphatic imine (C=N–C) groups is 1. The van der Waals surface area contributed by atoms with Crippen molar-refractivity contribution in [1.29, 1.82) is 0 Å². The van der Waals surface area contributed by atoms with Crippen molar-refractivity contribution in [2.75, 3.05) is 26.7 Å². The third-order valence-corrected chi connectivity index (χ3v) is 5.62. The average Bonchev–Trinajstić information content (AvgIpc) is 3.38. The van der Waals surface area contributed by atoms with Crippen molar-refractivity contribution in [3.8, 4) is 0 Å². The number of guanidine groups is 1. The standard InChI is InChI=1S/C20H28Cl2N6O.HI/c1-3-19-26-25-14-28(19)9-8-23-20(24-12-16-5-4-10-29-16)27(2)13-15-6-7-17(21)18(22)11-15;/h6-7,11,14,16H,3-5,8-10,12-13H2,1-2H3,(H,23,24);1H. The van der Waals surface area contributed by atoms with Crippen molar-refractivity contribution in [1.82, 2.24) is 25.0 Å². The predicted octanol–water partition coefficient (Wildman–Crippen LogP) is 4.02. The number of aryl methyl sites for hydroxylation is 1. The Morgan fingerprint density at radius 2 is 2.20 bits per heavy atom. The summed E-state index contributed by atoms with van der Waals surface area (Å²) in [7, 11) is 2.01. The molecule has 0 aliphatic carbocycles. The van der Waals surface area contributed by atoms with Crippen molar-refractivity contribution in [2.24, 2.45) is 4.99 Å². The zero-order valence-electron chi connectivity index (χ0n) is 17.4. The van der Waals surface area contributed by atoms with Gasteiger partial charge < -0.3 is 19.5 Å². The highest BCUT2D eigenvalue weighted by Gasteiger charge is 2.16. The van der Waals surface area contributed by atoms with Crippen LogP contribution >= 0.6 is 47.2 Å². The van der Waals surface area contributed by atoms with Crippen LogP contribution in [0.4, 0.5) is 0 Å². The van der Waals surface area contributed by atoms with Crippen molar-refractivity contribution in [3.05, 3.63) is 46.0 Å². The van der Waals surface area contributed by atoms with Crippen molar-refractivity contribution >= 4 is 53.1 Å². The smallest absolute Gasteiger partial charge is 0.194 e. The fourth-order valence-corrected chi connectivity index (χ4v) is 3.62. The highest BCUT2D eigenvalue weighted by molar-refractivity contribution is 14.0. The second-order valence-electron chi connectivity index (χ2n) is 7.12. The monoisotopic (exact) mass is 566 g/mol. The summed E-state index contributed by atoms with van der Waals surface area (Å²) in [5.41, 5.74) is 1.07. The summed E-state index contributed by atoms with van der Waals surface area (Å²) >= 11 is 12.2. The normalized spacial score (nSPS) is 16.4. The van der Waals surface area contributed by atoms with E-state index >= 15 is 0 Å². The Bertz CT molecular complexity index is 825. The molecule has 10 heteroatoms. The number of benzene rings is 1. The van der Waals surface area contributed by atoms with Gasteiger partial charge in [0.15, 0.2) is 5.96 Å². The number of nitrogens with one attached hydrogen (secondary N) is 1. The Kier molecular flexibility index (Phi) is 10.6. The van der Waals surface area contributed by atoms with Gasteiger partial charge in [-0.25, -0.2) is 0 Å². The van der Waals surface area contributed by atoms with Crippen LogP contribution in [0.3, 0.4) is 0 Å². The number of nitrogens with zero attached hydrogens (tertiary/aromatic N) is 5. The number of hydrogen-bond donors (Lipinski definition) is 1. The number of rotatable bonds is 8. The van der Waals surface area contributed by atoms with Gasteiger partial charge in [0.2, 0.25) is 0 Å². The van der Waals surface area contributed by atoms with E-state index in [-0.39, 0.29) is 30.1 Å². The van der Waals surface area contributed by atoms with Gasteiger partial charge in [-0.15, -0.1) is 34.2 Å². The van der Waals surface area contributed by atoms with E-state index in [2.05, 4.69) is 31.9 Å². The Labute approximate surface area is 205 Å². The Balaban J connectivity index is 0.00000320. The Morgan fingerprint density at radius 1 is 1.37 bits per heavy atom. The molecular formula is C20H29Cl2IN6O. The molecule has 0 spiro atoms. The zero-order valence-corrected chi connectivity index (χ0v) is 21.2. The highest BCUT2D eigenvalue weighted by Crippen LogP contribution is 2.23. The van der Waals surface area contributed by atoms with E-state index < -0.39 is 0 Å². The zero-order chi connectivity index (χ0) is 20.6. The van der Waals surface area contributed by atoms with Gasteiger partial charge in [-0.1, -0.05) is 36.2 Å². The maximum Gasteiger partial charge on any atom is 0.194 e. The first-order chi connectivity index (χ1) is 14.1. The number of halogens is 3. The second kappa shape index (κ2) is 12.7. The van der Waals surface area contributed by atoms with Crippen LogP contribution in [0.5, 0.6) is 0 Å². The van der Waals surface area contributed by atoms with Gasteiger partial charge in [-0.05, 0) is 30.5 Å². The minimum Gasteiger partial charge on any atom is -0.376 e. The van der Waals surface area contributed by atoms with E-state index in [9.17, 15) is 0 Å². The van der Waals surface area contributed by atoms with Crippen LogP contribution in [0.2, 0.25) is 10.0 Å². The fraction of sp³-hybridized carbons (Fsp3) is 0.550. The second-order valence-corrected chi connectivity index (χ2v) is 7.94. The van der Waals surface area contributed by atoms with Gasteiger partial charge in [0.1, 0.15) is 12.2 Å². The van der Waals surface area contributed by atoms with E-state index in [0.717, 1.165) is 56.3 Å². The maximum absolute atomic E-state index is 6.17. The molecule has 1 aromatic heterocycles. The number of hydrogen-bond acceptors (Lipinski definition) is 4. The molecule has 1 unspecified atom stereocenters. The van der Waals surface area contributed by atoms with Crippen LogP contribution < -0.4 is 5.32 Å². The first-order valence-electron chi connectivity index (χ1n) is 9.98. The fourth-order valence-electron chi connectivity index (χ4n) is 3.30. The molecule has 0 radical (unpaired) electrons. The highest BCUT2D eigenvalue weighted by atomic mass is 127. The third-order valence-electron chi connectivity index (χ3n) is 4.88. The van der Waals surface area contributed by atoms with Crippen molar-refractivity contribution < 1.29 is 4.74 Å². The Morgan fingerprint density at radius 3 is 2.90 bits per heavy atom. The molecule has 1 N–H and O–H groups in total. The lowest BCUT2D eigenvalue weighted by atomic mass is 10.2. The quantitative estimate of drug-likeness (QED) is 0.297. The van der Waals surface area contributed by atoms with Crippen LogP contribution in [0, 0.1) is 0 Å². The molecule has 1 fully saturated rings. The molecule has 1 aliphatic rings. The lowest BCUT2D eigenvalue weighted by Gasteiger charge is -2.23. The molecule has 1 aromatic carbocycles. The van der Waals surface area contributed by atoms with Gasteiger partial charge in [0.05, 0.1) is 22.7 Å².